The van der Waals surface area contributed by atoms with E-state index < -0.39 is 0 Å². The topological polar surface area (TPSA) is 55.4 Å². The SMILES string of the molecule is Cc1ccccc1NC(=O)COC(=O)CC(C)(C)C. The molecule has 104 valence electrons. The van der Waals surface area contributed by atoms with Crippen molar-refractivity contribution in [2.75, 3.05) is 11.9 Å². The number of rotatable bonds is 4. The van der Waals surface area contributed by atoms with Gasteiger partial charge in [-0.3, -0.25) is 9.59 Å². The maximum Gasteiger partial charge on any atom is 0.306 e. The zero-order valence-electron chi connectivity index (χ0n) is 11.9. The molecular weight excluding hydrogens is 242 g/mol. The van der Waals surface area contributed by atoms with Crippen LogP contribution in [0.25, 0.3) is 0 Å². The van der Waals surface area contributed by atoms with Crippen molar-refractivity contribution >= 4 is 17.6 Å². The van der Waals surface area contributed by atoms with Crippen LogP contribution in [0.1, 0.15) is 32.8 Å². The van der Waals surface area contributed by atoms with E-state index in [1.165, 1.54) is 0 Å². The molecule has 4 nitrogen and oxygen atoms in total. The average Bonchev–Trinajstić information content (AvgIpc) is 2.27. The summed E-state index contributed by atoms with van der Waals surface area (Å²) in [5.74, 6) is -0.677. The number of hydrogen-bond donors (Lipinski definition) is 1. The molecule has 0 aliphatic rings. The Morgan fingerprint density at radius 3 is 2.42 bits per heavy atom. The normalized spacial score (nSPS) is 10.9. The van der Waals surface area contributed by atoms with E-state index in [1.54, 1.807) is 0 Å². The lowest BCUT2D eigenvalue weighted by Crippen LogP contribution is -2.23. The van der Waals surface area contributed by atoms with Crippen molar-refractivity contribution < 1.29 is 14.3 Å². The number of carbonyl (C=O) groups is 2. The van der Waals surface area contributed by atoms with Gasteiger partial charge in [0, 0.05) is 5.69 Å². The first kappa shape index (κ1) is 15.2. The molecule has 0 atom stereocenters. The minimum absolute atomic E-state index is 0.135. The van der Waals surface area contributed by atoms with Crippen molar-refractivity contribution in [3.8, 4) is 0 Å². The highest BCUT2D eigenvalue weighted by atomic mass is 16.5. The zero-order chi connectivity index (χ0) is 14.5. The summed E-state index contributed by atoms with van der Waals surface area (Å²) in [6.07, 6.45) is 0.296. The Hall–Kier alpha value is -1.84. The number of hydrogen-bond acceptors (Lipinski definition) is 3. The van der Waals surface area contributed by atoms with Gasteiger partial charge in [-0.2, -0.15) is 0 Å². The molecule has 1 rings (SSSR count). The molecule has 1 aromatic rings. The average molecular weight is 263 g/mol. The van der Waals surface area contributed by atoms with Gasteiger partial charge in [-0.25, -0.2) is 0 Å². The van der Waals surface area contributed by atoms with Gasteiger partial charge >= 0.3 is 5.97 Å². The lowest BCUT2D eigenvalue weighted by molar-refractivity contribution is -0.149. The van der Waals surface area contributed by atoms with Crippen LogP contribution in [0.3, 0.4) is 0 Å². The third-order valence-electron chi connectivity index (χ3n) is 2.46. The Morgan fingerprint density at radius 1 is 1.21 bits per heavy atom. The lowest BCUT2D eigenvalue weighted by atomic mass is 9.92. The van der Waals surface area contributed by atoms with E-state index in [0.717, 1.165) is 11.3 Å². The van der Waals surface area contributed by atoms with Crippen LogP contribution in [0.2, 0.25) is 0 Å². The molecule has 0 saturated carbocycles. The molecule has 0 fully saturated rings. The number of carbonyl (C=O) groups excluding carboxylic acids is 2. The van der Waals surface area contributed by atoms with Gasteiger partial charge < -0.3 is 10.1 Å². The minimum atomic E-state index is -0.354. The minimum Gasteiger partial charge on any atom is -0.456 e. The molecule has 0 radical (unpaired) electrons. The fraction of sp³-hybridized carbons (Fsp3) is 0.467. The Labute approximate surface area is 114 Å². The van der Waals surface area contributed by atoms with Crippen LogP contribution in [0, 0.1) is 12.3 Å². The molecule has 4 heteroatoms. The van der Waals surface area contributed by atoms with Crippen molar-refractivity contribution in [3.05, 3.63) is 29.8 Å². The summed E-state index contributed by atoms with van der Waals surface area (Å²) in [7, 11) is 0. The van der Waals surface area contributed by atoms with Gasteiger partial charge in [0.2, 0.25) is 0 Å². The Bertz CT molecular complexity index is 461. The van der Waals surface area contributed by atoms with Gasteiger partial charge in [0.1, 0.15) is 0 Å². The van der Waals surface area contributed by atoms with Crippen LogP contribution in [0.15, 0.2) is 24.3 Å². The molecule has 1 N–H and O–H groups in total. The maximum absolute atomic E-state index is 11.6. The van der Waals surface area contributed by atoms with Crippen molar-refractivity contribution in [3.63, 3.8) is 0 Å². The van der Waals surface area contributed by atoms with E-state index in [9.17, 15) is 9.59 Å². The zero-order valence-corrected chi connectivity index (χ0v) is 11.9. The maximum atomic E-state index is 11.6. The molecule has 0 spiro atoms. The summed E-state index contributed by atoms with van der Waals surface area (Å²) in [5, 5.41) is 2.71. The van der Waals surface area contributed by atoms with Crippen molar-refractivity contribution in [1.82, 2.24) is 0 Å². The van der Waals surface area contributed by atoms with E-state index >= 15 is 0 Å². The first-order chi connectivity index (χ1) is 8.78. The monoisotopic (exact) mass is 263 g/mol. The van der Waals surface area contributed by atoms with E-state index in [0.29, 0.717) is 6.42 Å². The molecule has 0 aliphatic carbocycles. The number of anilines is 1. The number of nitrogens with one attached hydrogen (secondary N) is 1. The third-order valence-corrected chi connectivity index (χ3v) is 2.46. The number of benzene rings is 1. The lowest BCUT2D eigenvalue weighted by Gasteiger charge is -2.16. The summed E-state index contributed by atoms with van der Waals surface area (Å²) in [6.45, 7) is 7.50. The number of ether oxygens (including phenoxy) is 1. The summed E-state index contributed by atoms with van der Waals surface area (Å²) >= 11 is 0. The number of para-hydroxylation sites is 1. The fourth-order valence-electron chi connectivity index (χ4n) is 1.53. The summed E-state index contributed by atoms with van der Waals surface area (Å²) in [5.41, 5.74) is 1.57. The molecular formula is C15H21NO3. The summed E-state index contributed by atoms with van der Waals surface area (Å²) in [4.78, 5) is 23.1. The molecule has 0 bridgehead atoms. The van der Waals surface area contributed by atoms with Crippen LogP contribution < -0.4 is 5.32 Å². The number of esters is 1. The van der Waals surface area contributed by atoms with E-state index in [-0.39, 0.29) is 23.9 Å². The molecule has 0 unspecified atom stereocenters. The highest BCUT2D eigenvalue weighted by Crippen LogP contribution is 2.19. The highest BCUT2D eigenvalue weighted by Gasteiger charge is 2.17. The predicted molar refractivity (Wildman–Crippen MR) is 74.8 cm³/mol. The van der Waals surface area contributed by atoms with Gasteiger partial charge in [-0.15, -0.1) is 0 Å². The Morgan fingerprint density at radius 2 is 1.84 bits per heavy atom. The van der Waals surface area contributed by atoms with Crippen LogP contribution >= 0.6 is 0 Å². The molecule has 1 amide bonds. The van der Waals surface area contributed by atoms with Gasteiger partial charge in [-0.05, 0) is 24.0 Å². The van der Waals surface area contributed by atoms with Gasteiger partial charge in [0.05, 0.1) is 6.42 Å². The Kier molecular flexibility index (Phi) is 5.10. The fourth-order valence-corrected chi connectivity index (χ4v) is 1.53. The predicted octanol–water partition coefficient (Wildman–Crippen LogP) is 2.91. The molecule has 0 saturated heterocycles. The van der Waals surface area contributed by atoms with E-state index in [2.05, 4.69) is 5.32 Å². The Balaban J connectivity index is 2.41. The number of amides is 1. The highest BCUT2D eigenvalue weighted by molar-refractivity contribution is 5.93. The number of aryl methyl sites for hydroxylation is 1. The second-order valence-corrected chi connectivity index (χ2v) is 5.76. The molecule has 0 aliphatic heterocycles. The van der Waals surface area contributed by atoms with Crippen molar-refractivity contribution in [1.29, 1.82) is 0 Å². The van der Waals surface area contributed by atoms with Gasteiger partial charge in [-0.1, -0.05) is 39.0 Å². The van der Waals surface area contributed by atoms with Crippen LogP contribution in [-0.4, -0.2) is 18.5 Å². The van der Waals surface area contributed by atoms with Crippen LogP contribution in [-0.2, 0) is 14.3 Å². The summed E-state index contributed by atoms with van der Waals surface area (Å²) in [6, 6.07) is 7.45. The van der Waals surface area contributed by atoms with Crippen molar-refractivity contribution in [2.24, 2.45) is 5.41 Å². The molecule has 0 aromatic heterocycles. The van der Waals surface area contributed by atoms with Gasteiger partial charge in [0.15, 0.2) is 6.61 Å². The quantitative estimate of drug-likeness (QED) is 0.850. The molecule has 19 heavy (non-hydrogen) atoms. The first-order valence-electron chi connectivity index (χ1n) is 6.29. The van der Waals surface area contributed by atoms with Crippen LogP contribution in [0.4, 0.5) is 5.69 Å². The second kappa shape index (κ2) is 6.36. The largest absolute Gasteiger partial charge is 0.456 e. The van der Waals surface area contributed by atoms with E-state index in [4.69, 9.17) is 4.74 Å². The molecule has 0 heterocycles. The standard InChI is InChI=1S/C15H21NO3/c1-11-7-5-6-8-12(11)16-13(17)10-19-14(18)9-15(2,3)4/h5-8H,9-10H2,1-4H3,(H,16,17). The third kappa shape index (κ3) is 6.04. The first-order valence-corrected chi connectivity index (χ1v) is 6.29. The van der Waals surface area contributed by atoms with Crippen molar-refractivity contribution in [2.45, 2.75) is 34.1 Å². The second-order valence-electron chi connectivity index (χ2n) is 5.76. The molecule has 1 aromatic carbocycles. The summed E-state index contributed by atoms with van der Waals surface area (Å²) < 4.78 is 4.94. The van der Waals surface area contributed by atoms with Crippen LogP contribution in [0.5, 0.6) is 0 Å². The smallest absolute Gasteiger partial charge is 0.306 e. The van der Waals surface area contributed by atoms with Gasteiger partial charge in [0.25, 0.3) is 5.91 Å². The van der Waals surface area contributed by atoms with E-state index in [1.807, 2.05) is 52.0 Å².